The SMILES string of the molecule is O=[N+]([O-])c1c(F)cccc1C1OCCO1. The monoisotopic (exact) mass is 213 g/mol. The molecule has 1 saturated heterocycles. The van der Waals surface area contributed by atoms with E-state index in [2.05, 4.69) is 0 Å². The zero-order valence-corrected chi connectivity index (χ0v) is 7.68. The normalized spacial score (nSPS) is 16.9. The molecule has 0 saturated carbocycles. The molecule has 0 N–H and O–H groups in total. The van der Waals surface area contributed by atoms with Crippen molar-refractivity contribution in [3.63, 3.8) is 0 Å². The van der Waals surface area contributed by atoms with E-state index < -0.39 is 22.7 Å². The topological polar surface area (TPSA) is 61.6 Å². The molecule has 2 rings (SSSR count). The van der Waals surface area contributed by atoms with Crippen molar-refractivity contribution in [1.29, 1.82) is 0 Å². The van der Waals surface area contributed by atoms with Gasteiger partial charge in [-0.3, -0.25) is 10.1 Å². The summed E-state index contributed by atoms with van der Waals surface area (Å²) in [5.41, 5.74) is -0.457. The van der Waals surface area contributed by atoms with Gasteiger partial charge in [0.15, 0.2) is 6.29 Å². The third-order valence-corrected chi connectivity index (χ3v) is 2.08. The molecular weight excluding hydrogens is 205 g/mol. The van der Waals surface area contributed by atoms with Crippen LogP contribution >= 0.6 is 0 Å². The Morgan fingerprint density at radius 2 is 2.07 bits per heavy atom. The van der Waals surface area contributed by atoms with Gasteiger partial charge < -0.3 is 9.47 Å². The smallest absolute Gasteiger partial charge is 0.313 e. The van der Waals surface area contributed by atoms with E-state index in [1.807, 2.05) is 0 Å². The van der Waals surface area contributed by atoms with Gasteiger partial charge in [0, 0.05) is 0 Å². The Morgan fingerprint density at radius 3 is 2.67 bits per heavy atom. The molecule has 1 aliphatic rings. The zero-order chi connectivity index (χ0) is 10.8. The predicted octanol–water partition coefficient (Wildman–Crippen LogP) is 1.78. The highest BCUT2D eigenvalue weighted by molar-refractivity contribution is 5.42. The second-order valence-corrected chi connectivity index (χ2v) is 3.01. The van der Waals surface area contributed by atoms with E-state index in [0.717, 1.165) is 6.07 Å². The minimum atomic E-state index is -0.878. The zero-order valence-electron chi connectivity index (χ0n) is 7.68. The molecule has 6 heteroatoms. The first kappa shape index (κ1) is 10.0. The van der Waals surface area contributed by atoms with Crippen molar-refractivity contribution >= 4 is 5.69 Å². The minimum Gasteiger partial charge on any atom is -0.346 e. The fourth-order valence-electron chi connectivity index (χ4n) is 1.45. The molecule has 0 atom stereocenters. The summed E-state index contributed by atoms with van der Waals surface area (Å²) in [5, 5.41) is 10.7. The van der Waals surface area contributed by atoms with Crippen LogP contribution in [0, 0.1) is 15.9 Å². The molecule has 15 heavy (non-hydrogen) atoms. The largest absolute Gasteiger partial charge is 0.346 e. The first-order chi connectivity index (χ1) is 7.20. The molecule has 0 aliphatic carbocycles. The van der Waals surface area contributed by atoms with E-state index >= 15 is 0 Å². The molecule has 1 fully saturated rings. The Bertz CT molecular complexity index is 390. The van der Waals surface area contributed by atoms with Crippen molar-refractivity contribution < 1.29 is 18.8 Å². The van der Waals surface area contributed by atoms with Gasteiger partial charge in [-0.25, -0.2) is 0 Å². The standard InChI is InChI=1S/C9H8FNO4/c10-7-3-1-2-6(8(7)11(12)13)9-14-4-5-15-9/h1-3,9H,4-5H2. The van der Waals surface area contributed by atoms with E-state index in [1.165, 1.54) is 12.1 Å². The molecule has 5 nitrogen and oxygen atoms in total. The van der Waals surface area contributed by atoms with Crippen molar-refractivity contribution in [2.24, 2.45) is 0 Å². The van der Waals surface area contributed by atoms with Crippen LogP contribution in [0.15, 0.2) is 18.2 Å². The van der Waals surface area contributed by atoms with Gasteiger partial charge in [-0.05, 0) is 12.1 Å². The van der Waals surface area contributed by atoms with Gasteiger partial charge in [0.1, 0.15) is 0 Å². The van der Waals surface area contributed by atoms with Crippen LogP contribution in [0.4, 0.5) is 10.1 Å². The highest BCUT2D eigenvalue weighted by Crippen LogP contribution is 2.32. The number of benzene rings is 1. The van der Waals surface area contributed by atoms with E-state index in [-0.39, 0.29) is 5.56 Å². The van der Waals surface area contributed by atoms with Gasteiger partial charge in [0.25, 0.3) is 0 Å². The average Bonchev–Trinajstić information content (AvgIpc) is 2.69. The van der Waals surface area contributed by atoms with E-state index in [0.29, 0.717) is 13.2 Å². The Morgan fingerprint density at radius 1 is 1.40 bits per heavy atom. The molecule has 1 aliphatic heterocycles. The van der Waals surface area contributed by atoms with Crippen LogP contribution in [0.5, 0.6) is 0 Å². The third-order valence-electron chi connectivity index (χ3n) is 2.08. The number of hydrogen-bond donors (Lipinski definition) is 0. The van der Waals surface area contributed by atoms with Crippen molar-refractivity contribution in [2.45, 2.75) is 6.29 Å². The summed E-state index contributed by atoms with van der Waals surface area (Å²) >= 11 is 0. The van der Waals surface area contributed by atoms with Crippen molar-refractivity contribution in [1.82, 2.24) is 0 Å². The lowest BCUT2D eigenvalue weighted by molar-refractivity contribution is -0.389. The van der Waals surface area contributed by atoms with Gasteiger partial charge in [0.2, 0.25) is 5.82 Å². The molecule has 0 bridgehead atoms. The van der Waals surface area contributed by atoms with Gasteiger partial charge in [-0.2, -0.15) is 4.39 Å². The number of ether oxygens (including phenoxy) is 2. The molecule has 1 aromatic carbocycles. The summed E-state index contributed by atoms with van der Waals surface area (Å²) in [7, 11) is 0. The average molecular weight is 213 g/mol. The fourth-order valence-corrected chi connectivity index (χ4v) is 1.45. The van der Waals surface area contributed by atoms with Crippen molar-refractivity contribution in [3.05, 3.63) is 39.7 Å². The third kappa shape index (κ3) is 1.81. The quantitative estimate of drug-likeness (QED) is 0.555. The number of rotatable bonds is 2. The highest BCUT2D eigenvalue weighted by Gasteiger charge is 2.29. The Hall–Kier alpha value is -1.53. The first-order valence-electron chi connectivity index (χ1n) is 4.36. The second kappa shape index (κ2) is 3.92. The van der Waals surface area contributed by atoms with E-state index in [4.69, 9.17) is 9.47 Å². The van der Waals surface area contributed by atoms with Crippen molar-refractivity contribution in [3.8, 4) is 0 Å². The molecule has 0 spiro atoms. The molecule has 0 radical (unpaired) electrons. The lowest BCUT2D eigenvalue weighted by atomic mass is 10.1. The van der Waals surface area contributed by atoms with Crippen LogP contribution < -0.4 is 0 Å². The van der Waals surface area contributed by atoms with Gasteiger partial charge in [0.05, 0.1) is 23.7 Å². The Kier molecular flexibility index (Phi) is 2.61. The van der Waals surface area contributed by atoms with Crippen LogP contribution in [0.1, 0.15) is 11.9 Å². The van der Waals surface area contributed by atoms with Gasteiger partial charge in [-0.15, -0.1) is 0 Å². The molecule has 0 unspecified atom stereocenters. The van der Waals surface area contributed by atoms with Crippen LogP contribution in [0.3, 0.4) is 0 Å². The predicted molar refractivity (Wildman–Crippen MR) is 47.7 cm³/mol. The molecule has 1 aromatic rings. The number of nitro benzene ring substituents is 1. The molecule has 0 aromatic heterocycles. The summed E-state index contributed by atoms with van der Waals surface area (Å²) in [5.74, 6) is -0.878. The first-order valence-corrected chi connectivity index (χ1v) is 4.36. The van der Waals surface area contributed by atoms with E-state index in [1.54, 1.807) is 0 Å². The lowest BCUT2D eigenvalue weighted by Crippen LogP contribution is -2.04. The molecular formula is C9H8FNO4. The minimum absolute atomic E-state index is 0.123. The number of hydrogen-bond acceptors (Lipinski definition) is 4. The molecule has 0 amide bonds. The number of para-hydroxylation sites is 1. The summed E-state index contributed by atoms with van der Waals surface area (Å²) in [6.45, 7) is 0.719. The maximum absolute atomic E-state index is 13.2. The maximum Gasteiger partial charge on any atom is 0.313 e. The number of nitrogens with zero attached hydrogens (tertiary/aromatic N) is 1. The number of halogens is 1. The Labute approximate surface area is 84.6 Å². The number of nitro groups is 1. The van der Waals surface area contributed by atoms with E-state index in [9.17, 15) is 14.5 Å². The van der Waals surface area contributed by atoms with Crippen LogP contribution in [0.25, 0.3) is 0 Å². The fraction of sp³-hybridized carbons (Fsp3) is 0.333. The summed E-state index contributed by atoms with van der Waals surface area (Å²) in [6.07, 6.45) is -0.832. The summed E-state index contributed by atoms with van der Waals surface area (Å²) in [6, 6.07) is 3.86. The van der Waals surface area contributed by atoms with Gasteiger partial charge in [-0.1, -0.05) is 6.07 Å². The van der Waals surface area contributed by atoms with Crippen LogP contribution in [-0.2, 0) is 9.47 Å². The summed E-state index contributed by atoms with van der Waals surface area (Å²) in [4.78, 5) is 9.89. The lowest BCUT2D eigenvalue weighted by Gasteiger charge is -2.09. The van der Waals surface area contributed by atoms with Gasteiger partial charge >= 0.3 is 5.69 Å². The van der Waals surface area contributed by atoms with Crippen LogP contribution in [-0.4, -0.2) is 18.1 Å². The second-order valence-electron chi connectivity index (χ2n) is 3.01. The molecule has 1 heterocycles. The summed E-state index contributed by atoms with van der Waals surface area (Å²) < 4.78 is 23.4. The Balaban J connectivity index is 2.45. The maximum atomic E-state index is 13.2. The molecule has 80 valence electrons. The van der Waals surface area contributed by atoms with Crippen LogP contribution in [0.2, 0.25) is 0 Å². The van der Waals surface area contributed by atoms with Crippen molar-refractivity contribution in [2.75, 3.05) is 13.2 Å². The highest BCUT2D eigenvalue weighted by atomic mass is 19.1.